The summed E-state index contributed by atoms with van der Waals surface area (Å²) in [7, 11) is 0. The summed E-state index contributed by atoms with van der Waals surface area (Å²) >= 11 is 0. The molecule has 1 saturated carbocycles. The largest absolute Gasteiger partial charge is 0.375 e. The van der Waals surface area contributed by atoms with Crippen LogP contribution in [0.25, 0.3) is 0 Å². The summed E-state index contributed by atoms with van der Waals surface area (Å²) in [5.41, 5.74) is 0. The first kappa shape index (κ1) is 22.2. The van der Waals surface area contributed by atoms with Crippen molar-refractivity contribution in [1.82, 2.24) is 10.2 Å². The van der Waals surface area contributed by atoms with Gasteiger partial charge in [-0.3, -0.25) is 0 Å². The van der Waals surface area contributed by atoms with Crippen LogP contribution >= 0.6 is 0 Å². The Bertz CT molecular complexity index is 342. The highest BCUT2D eigenvalue weighted by atomic mass is 16.5. The number of rotatable bonds is 11. The predicted molar refractivity (Wildman–Crippen MR) is 113 cm³/mol. The van der Waals surface area contributed by atoms with Gasteiger partial charge in [0.1, 0.15) is 0 Å². The maximum absolute atomic E-state index is 6.50. The van der Waals surface area contributed by atoms with Crippen molar-refractivity contribution in [2.45, 2.75) is 110 Å². The Balaban J connectivity index is 1.57. The lowest BCUT2D eigenvalue weighted by Gasteiger charge is -2.37. The summed E-state index contributed by atoms with van der Waals surface area (Å²) in [4.78, 5) is 2.68. The molecular weight excluding hydrogens is 320 g/mol. The first-order chi connectivity index (χ1) is 12.6. The molecule has 0 aromatic heterocycles. The molecule has 2 rings (SSSR count). The topological polar surface area (TPSA) is 24.5 Å². The van der Waals surface area contributed by atoms with Crippen molar-refractivity contribution >= 4 is 0 Å². The van der Waals surface area contributed by atoms with Crippen LogP contribution in [0.5, 0.6) is 0 Å². The van der Waals surface area contributed by atoms with Gasteiger partial charge in [-0.05, 0) is 70.3 Å². The quantitative estimate of drug-likeness (QED) is 0.541. The van der Waals surface area contributed by atoms with Gasteiger partial charge in [0.15, 0.2) is 0 Å². The van der Waals surface area contributed by atoms with Gasteiger partial charge in [-0.15, -0.1) is 0 Å². The van der Waals surface area contributed by atoms with Crippen molar-refractivity contribution in [3.63, 3.8) is 0 Å². The second-order valence-electron chi connectivity index (χ2n) is 9.06. The van der Waals surface area contributed by atoms with E-state index in [2.05, 4.69) is 37.9 Å². The van der Waals surface area contributed by atoms with E-state index in [1.165, 1.54) is 90.4 Å². The first-order valence-electron chi connectivity index (χ1n) is 11.8. The molecule has 0 radical (unpaired) electrons. The SMILES string of the molecule is CCCC(C)NCC1CCC(OC2CCN(CC(CC)CC)CC2)CC1. The molecule has 1 aliphatic heterocycles. The molecular formula is C23H46N2O. The Labute approximate surface area is 163 Å². The van der Waals surface area contributed by atoms with Crippen LogP contribution < -0.4 is 5.32 Å². The Morgan fingerprint density at radius 1 is 0.923 bits per heavy atom. The van der Waals surface area contributed by atoms with E-state index in [9.17, 15) is 0 Å². The Morgan fingerprint density at radius 2 is 1.54 bits per heavy atom. The monoisotopic (exact) mass is 366 g/mol. The highest BCUT2D eigenvalue weighted by Gasteiger charge is 2.27. The van der Waals surface area contributed by atoms with Crippen molar-refractivity contribution in [3.8, 4) is 0 Å². The van der Waals surface area contributed by atoms with Gasteiger partial charge >= 0.3 is 0 Å². The number of hydrogen-bond donors (Lipinski definition) is 1. The molecule has 1 aliphatic carbocycles. The molecule has 0 bridgehead atoms. The van der Waals surface area contributed by atoms with Crippen molar-refractivity contribution in [1.29, 1.82) is 0 Å². The average Bonchev–Trinajstić information content (AvgIpc) is 2.67. The molecule has 1 saturated heterocycles. The maximum Gasteiger partial charge on any atom is 0.0603 e. The second kappa shape index (κ2) is 12.4. The van der Waals surface area contributed by atoms with Crippen LogP contribution in [0.15, 0.2) is 0 Å². The number of ether oxygens (including phenoxy) is 1. The smallest absolute Gasteiger partial charge is 0.0603 e. The van der Waals surface area contributed by atoms with Crippen LogP contribution in [0.4, 0.5) is 0 Å². The molecule has 0 amide bonds. The van der Waals surface area contributed by atoms with Gasteiger partial charge in [-0.2, -0.15) is 0 Å². The van der Waals surface area contributed by atoms with E-state index in [0.29, 0.717) is 18.2 Å². The first-order valence-corrected chi connectivity index (χ1v) is 11.8. The number of nitrogens with zero attached hydrogens (tertiary/aromatic N) is 1. The lowest BCUT2D eigenvalue weighted by Crippen LogP contribution is -2.41. The highest BCUT2D eigenvalue weighted by molar-refractivity contribution is 4.79. The van der Waals surface area contributed by atoms with Crippen LogP contribution in [0.3, 0.4) is 0 Å². The number of hydrogen-bond acceptors (Lipinski definition) is 3. The van der Waals surface area contributed by atoms with E-state index < -0.39 is 0 Å². The lowest BCUT2D eigenvalue weighted by atomic mass is 9.87. The summed E-state index contributed by atoms with van der Waals surface area (Å²) in [6.07, 6.45) is 14.0. The summed E-state index contributed by atoms with van der Waals surface area (Å²) in [6, 6.07) is 0.680. The highest BCUT2D eigenvalue weighted by Crippen LogP contribution is 2.28. The molecule has 26 heavy (non-hydrogen) atoms. The minimum absolute atomic E-state index is 0.525. The van der Waals surface area contributed by atoms with Gasteiger partial charge < -0.3 is 15.0 Å². The van der Waals surface area contributed by atoms with Gasteiger partial charge in [0.25, 0.3) is 0 Å². The zero-order chi connectivity index (χ0) is 18.8. The Morgan fingerprint density at radius 3 is 2.12 bits per heavy atom. The molecule has 1 N–H and O–H groups in total. The fraction of sp³-hybridized carbons (Fsp3) is 1.00. The Kier molecular flexibility index (Phi) is 10.5. The fourth-order valence-electron chi connectivity index (χ4n) is 4.79. The van der Waals surface area contributed by atoms with Crippen LogP contribution in [-0.2, 0) is 4.74 Å². The zero-order valence-corrected chi connectivity index (χ0v) is 18.1. The zero-order valence-electron chi connectivity index (χ0n) is 18.1. The lowest BCUT2D eigenvalue weighted by molar-refractivity contribution is -0.0619. The maximum atomic E-state index is 6.50. The molecule has 0 spiro atoms. The third kappa shape index (κ3) is 7.86. The molecule has 3 heteroatoms. The molecule has 0 aromatic carbocycles. The van der Waals surface area contributed by atoms with Gasteiger partial charge in [-0.1, -0.05) is 40.0 Å². The molecule has 3 nitrogen and oxygen atoms in total. The number of piperidine rings is 1. The van der Waals surface area contributed by atoms with E-state index in [0.717, 1.165) is 11.8 Å². The minimum Gasteiger partial charge on any atom is -0.375 e. The number of likely N-dealkylation sites (tertiary alicyclic amines) is 1. The van der Waals surface area contributed by atoms with E-state index in [1.807, 2.05) is 0 Å². The molecule has 1 heterocycles. The van der Waals surface area contributed by atoms with Crippen molar-refractivity contribution in [2.24, 2.45) is 11.8 Å². The van der Waals surface area contributed by atoms with Crippen molar-refractivity contribution in [2.75, 3.05) is 26.2 Å². The predicted octanol–water partition coefficient (Wildman–Crippen LogP) is 5.24. The van der Waals surface area contributed by atoms with Gasteiger partial charge in [0.05, 0.1) is 12.2 Å². The van der Waals surface area contributed by atoms with Crippen molar-refractivity contribution < 1.29 is 4.74 Å². The molecule has 1 unspecified atom stereocenters. The fourth-order valence-corrected chi connectivity index (χ4v) is 4.79. The number of nitrogens with one attached hydrogen (secondary N) is 1. The summed E-state index contributed by atoms with van der Waals surface area (Å²) in [5, 5.41) is 3.73. The molecule has 2 aliphatic rings. The van der Waals surface area contributed by atoms with Crippen molar-refractivity contribution in [3.05, 3.63) is 0 Å². The van der Waals surface area contributed by atoms with Crippen LogP contribution in [0, 0.1) is 11.8 Å². The van der Waals surface area contributed by atoms with Crippen LogP contribution in [0.2, 0.25) is 0 Å². The molecule has 1 atom stereocenters. The standard InChI is InChI=1S/C23H46N2O/c1-5-8-19(4)24-17-21-9-11-22(12-10-21)26-23-13-15-25(16-14-23)18-20(6-2)7-3/h19-24H,5-18H2,1-4H3. The summed E-state index contributed by atoms with van der Waals surface area (Å²) in [5.74, 6) is 1.76. The molecule has 154 valence electrons. The third-order valence-electron chi connectivity index (χ3n) is 6.86. The van der Waals surface area contributed by atoms with Crippen LogP contribution in [-0.4, -0.2) is 49.3 Å². The molecule has 0 aromatic rings. The normalized spacial score (nSPS) is 27.1. The van der Waals surface area contributed by atoms with E-state index in [4.69, 9.17) is 4.74 Å². The second-order valence-corrected chi connectivity index (χ2v) is 9.06. The molecule has 2 fully saturated rings. The van der Waals surface area contributed by atoms with E-state index in [-0.39, 0.29) is 0 Å². The Hall–Kier alpha value is -0.120. The van der Waals surface area contributed by atoms with Crippen LogP contribution in [0.1, 0.15) is 91.9 Å². The van der Waals surface area contributed by atoms with Gasteiger partial charge in [-0.25, -0.2) is 0 Å². The van der Waals surface area contributed by atoms with Gasteiger partial charge in [0, 0.05) is 25.7 Å². The summed E-state index contributed by atoms with van der Waals surface area (Å²) < 4.78 is 6.50. The third-order valence-corrected chi connectivity index (χ3v) is 6.86. The minimum atomic E-state index is 0.525. The summed E-state index contributed by atoms with van der Waals surface area (Å²) in [6.45, 7) is 14.3. The van der Waals surface area contributed by atoms with Gasteiger partial charge in [0.2, 0.25) is 0 Å². The van der Waals surface area contributed by atoms with E-state index in [1.54, 1.807) is 0 Å². The van der Waals surface area contributed by atoms with E-state index >= 15 is 0 Å². The average molecular weight is 367 g/mol.